The number of nitrogens with one attached hydrogen (secondary N) is 1. The molecule has 2 N–H and O–H groups in total. The minimum atomic E-state index is -0.864. The van der Waals surface area contributed by atoms with E-state index in [-0.39, 0.29) is 0 Å². The van der Waals surface area contributed by atoms with E-state index in [0.717, 1.165) is 18.8 Å². The minimum absolute atomic E-state index is 0.354. The van der Waals surface area contributed by atoms with Crippen LogP contribution in [0.2, 0.25) is 0 Å². The summed E-state index contributed by atoms with van der Waals surface area (Å²) in [5.41, 5.74) is 1.49. The van der Waals surface area contributed by atoms with Crippen molar-refractivity contribution in [3.63, 3.8) is 0 Å². The van der Waals surface area contributed by atoms with Gasteiger partial charge in [0.05, 0.1) is 5.56 Å². The summed E-state index contributed by atoms with van der Waals surface area (Å²) >= 11 is 0. The molecule has 2 atom stereocenters. The quantitative estimate of drug-likeness (QED) is 0.807. The molecule has 90 valence electrons. The third-order valence-electron chi connectivity index (χ3n) is 3.70. The van der Waals surface area contributed by atoms with Crippen molar-refractivity contribution in [2.45, 2.75) is 24.9 Å². The van der Waals surface area contributed by atoms with Gasteiger partial charge in [-0.3, -0.25) is 0 Å². The van der Waals surface area contributed by atoms with Gasteiger partial charge in [-0.1, -0.05) is 0 Å². The first kappa shape index (κ1) is 10.6. The summed E-state index contributed by atoms with van der Waals surface area (Å²) in [6, 6.07) is 8.40. The summed E-state index contributed by atoms with van der Waals surface area (Å²) in [6.45, 7) is 2.06. The zero-order valence-corrected chi connectivity index (χ0v) is 9.60. The Morgan fingerprint density at radius 3 is 2.29 bits per heavy atom. The standard InChI is InChI=1S/C13H16N2O2/c16-13(17)9-1-5-12(6-2-9)15-7-10-3-4-11(8-15)14-10/h1-2,5-6,10-11,14H,3-4,7-8H2,(H,16,17). The van der Waals surface area contributed by atoms with Crippen LogP contribution in [-0.4, -0.2) is 36.2 Å². The number of nitrogens with zero attached hydrogens (tertiary/aromatic N) is 1. The predicted octanol–water partition coefficient (Wildman–Crippen LogP) is 1.33. The van der Waals surface area contributed by atoms with Crippen LogP contribution in [0.25, 0.3) is 0 Å². The van der Waals surface area contributed by atoms with Gasteiger partial charge in [-0.2, -0.15) is 0 Å². The first-order valence-corrected chi connectivity index (χ1v) is 6.07. The molecule has 2 heterocycles. The molecule has 17 heavy (non-hydrogen) atoms. The number of carboxylic acid groups (broad SMARTS) is 1. The van der Waals surface area contributed by atoms with Crippen molar-refractivity contribution < 1.29 is 9.90 Å². The molecule has 0 aromatic heterocycles. The highest BCUT2D eigenvalue weighted by molar-refractivity contribution is 5.88. The lowest BCUT2D eigenvalue weighted by Gasteiger charge is -2.34. The van der Waals surface area contributed by atoms with Crippen LogP contribution in [0.1, 0.15) is 23.2 Å². The van der Waals surface area contributed by atoms with E-state index in [9.17, 15) is 4.79 Å². The van der Waals surface area contributed by atoms with Crippen LogP contribution in [0.5, 0.6) is 0 Å². The Hall–Kier alpha value is -1.55. The van der Waals surface area contributed by atoms with Crippen LogP contribution in [0, 0.1) is 0 Å². The first-order chi connectivity index (χ1) is 8.22. The number of carboxylic acids is 1. The summed E-state index contributed by atoms with van der Waals surface area (Å²) in [4.78, 5) is 13.1. The number of hydrogen-bond acceptors (Lipinski definition) is 3. The Kier molecular flexibility index (Phi) is 2.52. The number of hydrogen-bond donors (Lipinski definition) is 2. The lowest BCUT2D eigenvalue weighted by molar-refractivity contribution is 0.0697. The van der Waals surface area contributed by atoms with Crippen LogP contribution in [0.4, 0.5) is 5.69 Å². The minimum Gasteiger partial charge on any atom is -0.478 e. The molecule has 0 spiro atoms. The van der Waals surface area contributed by atoms with Crippen LogP contribution < -0.4 is 10.2 Å². The molecule has 2 aliphatic heterocycles. The van der Waals surface area contributed by atoms with Crippen molar-refractivity contribution in [3.8, 4) is 0 Å². The van der Waals surface area contributed by atoms with Gasteiger partial charge in [-0.05, 0) is 37.1 Å². The highest BCUT2D eigenvalue weighted by atomic mass is 16.4. The average molecular weight is 232 g/mol. The molecule has 3 rings (SSSR count). The summed E-state index contributed by atoms with van der Waals surface area (Å²) in [6.07, 6.45) is 2.52. The zero-order valence-electron chi connectivity index (χ0n) is 9.60. The molecule has 0 saturated carbocycles. The van der Waals surface area contributed by atoms with Gasteiger partial charge in [0.1, 0.15) is 0 Å². The van der Waals surface area contributed by atoms with Crippen LogP contribution in [0.3, 0.4) is 0 Å². The number of aromatic carboxylic acids is 1. The maximum Gasteiger partial charge on any atom is 0.335 e. The monoisotopic (exact) mass is 232 g/mol. The van der Waals surface area contributed by atoms with E-state index in [1.807, 2.05) is 12.1 Å². The van der Waals surface area contributed by atoms with E-state index < -0.39 is 5.97 Å². The number of anilines is 1. The van der Waals surface area contributed by atoms with Gasteiger partial charge in [0.25, 0.3) is 0 Å². The number of benzene rings is 1. The second-order valence-corrected chi connectivity index (χ2v) is 4.89. The average Bonchev–Trinajstić information content (AvgIpc) is 2.68. The summed E-state index contributed by atoms with van der Waals surface area (Å²) in [5.74, 6) is -0.864. The largest absolute Gasteiger partial charge is 0.478 e. The molecule has 2 aliphatic rings. The molecule has 1 aromatic carbocycles. The van der Waals surface area contributed by atoms with Crippen molar-refractivity contribution in [1.29, 1.82) is 0 Å². The molecular formula is C13H16N2O2. The van der Waals surface area contributed by atoms with Crippen LogP contribution >= 0.6 is 0 Å². The predicted molar refractivity (Wildman–Crippen MR) is 65.6 cm³/mol. The van der Waals surface area contributed by atoms with Crippen LogP contribution in [0.15, 0.2) is 24.3 Å². The highest BCUT2D eigenvalue weighted by Crippen LogP contribution is 2.25. The van der Waals surface area contributed by atoms with Crippen molar-refractivity contribution in [2.75, 3.05) is 18.0 Å². The molecule has 2 unspecified atom stereocenters. The summed E-state index contributed by atoms with van der Waals surface area (Å²) in [7, 11) is 0. The fraction of sp³-hybridized carbons (Fsp3) is 0.462. The van der Waals surface area contributed by atoms with E-state index in [2.05, 4.69) is 10.2 Å². The number of piperazine rings is 1. The van der Waals surface area contributed by atoms with E-state index >= 15 is 0 Å². The molecule has 4 nitrogen and oxygen atoms in total. The smallest absolute Gasteiger partial charge is 0.335 e. The molecule has 0 amide bonds. The highest BCUT2D eigenvalue weighted by Gasteiger charge is 2.32. The Morgan fingerprint density at radius 2 is 1.76 bits per heavy atom. The van der Waals surface area contributed by atoms with Crippen molar-refractivity contribution in [2.24, 2.45) is 0 Å². The van der Waals surface area contributed by atoms with Gasteiger partial charge in [-0.25, -0.2) is 4.79 Å². The maximum absolute atomic E-state index is 10.8. The SMILES string of the molecule is O=C(O)c1ccc(N2CC3CCC(C2)N3)cc1. The molecule has 2 bridgehead atoms. The van der Waals surface area contributed by atoms with Gasteiger partial charge in [-0.15, -0.1) is 0 Å². The first-order valence-electron chi connectivity index (χ1n) is 6.07. The molecule has 0 radical (unpaired) electrons. The van der Waals surface area contributed by atoms with E-state index in [0.29, 0.717) is 17.6 Å². The van der Waals surface area contributed by atoms with E-state index in [1.54, 1.807) is 12.1 Å². The van der Waals surface area contributed by atoms with Gasteiger partial charge in [0, 0.05) is 30.9 Å². The van der Waals surface area contributed by atoms with Crippen molar-refractivity contribution in [1.82, 2.24) is 5.32 Å². The Morgan fingerprint density at radius 1 is 1.18 bits per heavy atom. The van der Waals surface area contributed by atoms with E-state index in [4.69, 9.17) is 5.11 Å². The lowest BCUT2D eigenvalue weighted by Crippen LogP contribution is -2.51. The Labute approximate surface area is 100 Å². The third kappa shape index (κ3) is 2.00. The maximum atomic E-state index is 10.8. The van der Waals surface area contributed by atoms with Gasteiger partial charge >= 0.3 is 5.97 Å². The molecule has 1 aromatic rings. The molecule has 0 aliphatic carbocycles. The number of rotatable bonds is 2. The fourth-order valence-electron chi connectivity index (χ4n) is 2.82. The normalized spacial score (nSPS) is 27.2. The molecule has 2 saturated heterocycles. The molecule has 2 fully saturated rings. The molecule has 4 heteroatoms. The lowest BCUT2D eigenvalue weighted by atomic mass is 10.1. The van der Waals surface area contributed by atoms with Crippen molar-refractivity contribution in [3.05, 3.63) is 29.8 Å². The van der Waals surface area contributed by atoms with Gasteiger partial charge in [0.2, 0.25) is 0 Å². The number of carbonyl (C=O) groups is 1. The summed E-state index contributed by atoms with van der Waals surface area (Å²) < 4.78 is 0. The van der Waals surface area contributed by atoms with Crippen molar-refractivity contribution >= 4 is 11.7 Å². The topological polar surface area (TPSA) is 52.6 Å². The van der Waals surface area contributed by atoms with Gasteiger partial charge < -0.3 is 15.3 Å². The van der Waals surface area contributed by atoms with Crippen LogP contribution in [-0.2, 0) is 0 Å². The second kappa shape index (κ2) is 4.04. The molecular weight excluding hydrogens is 216 g/mol. The Balaban J connectivity index is 1.78. The fourth-order valence-corrected chi connectivity index (χ4v) is 2.82. The Bertz CT molecular complexity index is 418. The van der Waals surface area contributed by atoms with E-state index in [1.165, 1.54) is 12.8 Å². The second-order valence-electron chi connectivity index (χ2n) is 4.89. The van der Waals surface area contributed by atoms with Gasteiger partial charge in [0.15, 0.2) is 0 Å². The number of fused-ring (bicyclic) bond motifs is 2. The third-order valence-corrected chi connectivity index (χ3v) is 3.70. The zero-order chi connectivity index (χ0) is 11.8. The summed E-state index contributed by atoms with van der Waals surface area (Å²) in [5, 5.41) is 12.4.